The van der Waals surface area contributed by atoms with E-state index < -0.39 is 17.7 Å². The van der Waals surface area contributed by atoms with E-state index in [1.54, 1.807) is 29.3 Å². The molecular weight excluding hydrogens is 502 g/mol. The lowest BCUT2D eigenvalue weighted by Crippen LogP contribution is -2.49. The highest BCUT2D eigenvalue weighted by atomic mass is 19.3. The Balaban J connectivity index is 1.60. The molecule has 1 aliphatic heterocycles. The van der Waals surface area contributed by atoms with E-state index in [0.29, 0.717) is 36.3 Å². The number of Topliss-reactive ketones (excluding diaryl/α,β-unsaturated/α-hetero) is 1. The SMILES string of the molecule is COc1ccc(C(=O)Cc2cnc3c(c([C@@H]4CCN(C(=O)[C@H](C)C(C)(F)F)[C@@H](C)C4)cn3C)c2C)cc1C#N. The number of alkyl halides is 2. The first-order valence-corrected chi connectivity index (χ1v) is 13.1. The third-order valence-electron chi connectivity index (χ3n) is 8.10. The van der Waals surface area contributed by atoms with E-state index in [2.05, 4.69) is 17.3 Å². The summed E-state index contributed by atoms with van der Waals surface area (Å²) in [7, 11) is 3.41. The zero-order chi connectivity index (χ0) is 28.6. The second-order valence-corrected chi connectivity index (χ2v) is 10.7. The molecule has 1 fully saturated rings. The van der Waals surface area contributed by atoms with Gasteiger partial charge in [-0.3, -0.25) is 9.59 Å². The predicted molar refractivity (Wildman–Crippen MR) is 144 cm³/mol. The average Bonchev–Trinajstić information content (AvgIpc) is 3.25. The van der Waals surface area contributed by atoms with Crippen LogP contribution in [-0.4, -0.2) is 51.8 Å². The van der Waals surface area contributed by atoms with Crippen molar-refractivity contribution in [2.75, 3.05) is 13.7 Å². The monoisotopic (exact) mass is 536 g/mol. The van der Waals surface area contributed by atoms with E-state index >= 15 is 0 Å². The predicted octanol–water partition coefficient (Wildman–Crippen LogP) is 5.57. The number of amides is 1. The molecule has 0 bridgehead atoms. The van der Waals surface area contributed by atoms with Crippen molar-refractivity contribution in [3.63, 3.8) is 0 Å². The van der Waals surface area contributed by atoms with Gasteiger partial charge in [0.1, 0.15) is 17.5 Å². The summed E-state index contributed by atoms with van der Waals surface area (Å²) in [6.07, 6.45) is 5.22. The standard InChI is InChI=1S/C30H34F2N4O3/c1-17-11-20(9-10-36(17)29(38)19(3)30(4,31)32)24-16-35(5)28-27(24)18(2)23(15-34-28)13-25(37)21-7-8-26(39-6)22(12-21)14-33/h7-8,12,15-17,19-20H,9-11,13H2,1-6H3/t17-,19-,20+/m0/s1. The molecule has 7 nitrogen and oxygen atoms in total. The second-order valence-electron chi connectivity index (χ2n) is 10.7. The maximum Gasteiger partial charge on any atom is 0.256 e. The molecule has 3 heterocycles. The number of ether oxygens (including phenoxy) is 1. The van der Waals surface area contributed by atoms with Gasteiger partial charge in [-0.05, 0) is 74.4 Å². The van der Waals surface area contributed by atoms with Crippen LogP contribution in [0.5, 0.6) is 5.75 Å². The van der Waals surface area contributed by atoms with Crippen LogP contribution in [0.1, 0.15) is 72.1 Å². The summed E-state index contributed by atoms with van der Waals surface area (Å²) in [5.74, 6) is -4.53. The molecule has 0 N–H and O–H groups in total. The van der Waals surface area contributed by atoms with Crippen LogP contribution < -0.4 is 4.74 Å². The molecule has 2 aromatic heterocycles. The van der Waals surface area contributed by atoms with Crippen molar-refractivity contribution in [1.29, 1.82) is 5.26 Å². The number of halogens is 2. The van der Waals surface area contributed by atoms with Gasteiger partial charge in [-0.2, -0.15) is 5.26 Å². The lowest BCUT2D eigenvalue weighted by molar-refractivity contribution is -0.150. The van der Waals surface area contributed by atoms with Crippen LogP contribution in [0.15, 0.2) is 30.6 Å². The van der Waals surface area contributed by atoms with Crippen LogP contribution in [-0.2, 0) is 18.3 Å². The third-order valence-corrected chi connectivity index (χ3v) is 8.10. The number of carbonyl (C=O) groups is 2. The van der Waals surface area contributed by atoms with Crippen LogP contribution >= 0.6 is 0 Å². The molecule has 0 radical (unpaired) electrons. The minimum absolute atomic E-state index is 0.122. The highest BCUT2D eigenvalue weighted by Gasteiger charge is 2.41. The molecule has 206 valence electrons. The Hall–Kier alpha value is -3.80. The molecule has 1 aliphatic rings. The number of hydrogen-bond donors (Lipinski definition) is 0. The van der Waals surface area contributed by atoms with Crippen molar-refractivity contribution < 1.29 is 23.1 Å². The summed E-state index contributed by atoms with van der Waals surface area (Å²) in [6, 6.07) is 6.70. The molecule has 0 spiro atoms. The van der Waals surface area contributed by atoms with E-state index in [4.69, 9.17) is 4.74 Å². The van der Waals surface area contributed by atoms with E-state index in [9.17, 15) is 23.6 Å². The van der Waals surface area contributed by atoms with Crippen LogP contribution in [0.2, 0.25) is 0 Å². The number of rotatable bonds is 7. The molecule has 4 rings (SSSR count). The number of piperidine rings is 1. The quantitative estimate of drug-likeness (QED) is 0.368. The van der Waals surface area contributed by atoms with E-state index in [-0.39, 0.29) is 24.2 Å². The minimum Gasteiger partial charge on any atom is -0.495 e. The van der Waals surface area contributed by atoms with E-state index in [0.717, 1.165) is 34.6 Å². The van der Waals surface area contributed by atoms with Crippen LogP contribution in [0.25, 0.3) is 11.0 Å². The number of carbonyl (C=O) groups excluding carboxylic acids is 2. The number of nitriles is 1. The van der Waals surface area contributed by atoms with Gasteiger partial charge in [0.05, 0.1) is 18.6 Å². The first-order valence-electron chi connectivity index (χ1n) is 13.1. The number of aryl methyl sites for hydroxylation is 2. The summed E-state index contributed by atoms with van der Waals surface area (Å²) >= 11 is 0. The molecule has 0 saturated carbocycles. The van der Waals surface area contributed by atoms with Crippen LogP contribution in [0.3, 0.4) is 0 Å². The van der Waals surface area contributed by atoms with Gasteiger partial charge in [-0.25, -0.2) is 13.8 Å². The van der Waals surface area contributed by atoms with Crippen molar-refractivity contribution in [2.45, 2.75) is 64.8 Å². The minimum atomic E-state index is -3.07. The van der Waals surface area contributed by atoms with Gasteiger partial charge in [0.25, 0.3) is 5.92 Å². The maximum absolute atomic E-state index is 13.8. The number of methoxy groups -OCH3 is 1. The summed E-state index contributed by atoms with van der Waals surface area (Å²) < 4.78 is 34.8. The fourth-order valence-electron chi connectivity index (χ4n) is 5.56. The first-order chi connectivity index (χ1) is 18.4. The number of pyridine rings is 1. The fraction of sp³-hybridized carbons (Fsp3) is 0.467. The lowest BCUT2D eigenvalue weighted by Gasteiger charge is -2.39. The van der Waals surface area contributed by atoms with Gasteiger partial charge >= 0.3 is 0 Å². The Bertz CT molecular complexity index is 1470. The van der Waals surface area contributed by atoms with Crippen molar-refractivity contribution >= 4 is 22.7 Å². The number of aromatic nitrogens is 2. The topological polar surface area (TPSA) is 88.2 Å². The molecule has 3 aromatic rings. The average molecular weight is 537 g/mol. The highest BCUT2D eigenvalue weighted by molar-refractivity contribution is 5.99. The molecule has 1 saturated heterocycles. The van der Waals surface area contributed by atoms with Gasteiger partial charge in [0.2, 0.25) is 5.91 Å². The second kappa shape index (κ2) is 10.8. The molecule has 3 atom stereocenters. The Morgan fingerprint density at radius 3 is 2.67 bits per heavy atom. The number of nitrogens with zero attached hydrogens (tertiary/aromatic N) is 4. The van der Waals surface area contributed by atoms with E-state index in [1.807, 2.05) is 25.5 Å². The number of fused-ring (bicyclic) bond motifs is 1. The fourth-order valence-corrected chi connectivity index (χ4v) is 5.56. The Labute approximate surface area is 227 Å². The van der Waals surface area contributed by atoms with Crippen molar-refractivity contribution in [2.24, 2.45) is 13.0 Å². The number of benzene rings is 1. The Kier molecular flexibility index (Phi) is 7.78. The van der Waals surface area contributed by atoms with E-state index in [1.165, 1.54) is 14.0 Å². The normalized spacial score (nSPS) is 18.6. The Morgan fingerprint density at radius 2 is 2.05 bits per heavy atom. The molecule has 1 amide bonds. The molecule has 0 unspecified atom stereocenters. The number of ketones is 1. The van der Waals surface area contributed by atoms with Gasteiger partial charge in [-0.1, -0.05) is 0 Å². The zero-order valence-corrected chi connectivity index (χ0v) is 23.2. The molecule has 1 aromatic carbocycles. The van der Waals surface area contributed by atoms with Crippen LogP contribution in [0.4, 0.5) is 8.78 Å². The van der Waals surface area contributed by atoms with Gasteiger partial charge in [-0.15, -0.1) is 0 Å². The van der Waals surface area contributed by atoms with Crippen molar-refractivity contribution in [3.05, 3.63) is 58.4 Å². The third kappa shape index (κ3) is 5.38. The van der Waals surface area contributed by atoms with Crippen molar-refractivity contribution in [1.82, 2.24) is 14.5 Å². The number of hydrogen-bond acceptors (Lipinski definition) is 5. The largest absolute Gasteiger partial charge is 0.495 e. The highest BCUT2D eigenvalue weighted by Crippen LogP contribution is 2.39. The van der Waals surface area contributed by atoms with Gasteiger partial charge < -0.3 is 14.2 Å². The maximum atomic E-state index is 13.8. The molecule has 0 aliphatic carbocycles. The summed E-state index contributed by atoms with van der Waals surface area (Å²) in [5, 5.41) is 10.4. The number of likely N-dealkylation sites (tertiary alicyclic amines) is 1. The van der Waals surface area contributed by atoms with Crippen LogP contribution in [0, 0.1) is 24.2 Å². The summed E-state index contributed by atoms with van der Waals surface area (Å²) in [6.45, 7) is 6.38. The zero-order valence-electron chi connectivity index (χ0n) is 23.2. The first kappa shape index (κ1) is 28.2. The Morgan fingerprint density at radius 1 is 1.33 bits per heavy atom. The smallest absolute Gasteiger partial charge is 0.256 e. The summed E-state index contributed by atoms with van der Waals surface area (Å²) in [5.41, 5.74) is 4.39. The molecule has 9 heteroatoms. The summed E-state index contributed by atoms with van der Waals surface area (Å²) in [4.78, 5) is 32.2. The van der Waals surface area contributed by atoms with Gasteiger partial charge in [0.15, 0.2) is 5.78 Å². The molecule has 39 heavy (non-hydrogen) atoms. The molecular formula is C30H34F2N4O3. The van der Waals surface area contributed by atoms with Crippen molar-refractivity contribution in [3.8, 4) is 11.8 Å². The lowest BCUT2D eigenvalue weighted by atomic mass is 9.84. The van der Waals surface area contributed by atoms with Gasteiger partial charge in [0, 0.05) is 56.3 Å².